The normalized spacial score (nSPS) is 11.1. The van der Waals surface area contributed by atoms with Gasteiger partial charge < -0.3 is 9.15 Å². The van der Waals surface area contributed by atoms with Gasteiger partial charge in [0.05, 0.1) is 12.9 Å². The molecule has 0 aliphatic rings. The number of hydrogen-bond acceptors (Lipinski definition) is 5. The minimum Gasteiger partial charge on any atom is -0.494 e. The second-order valence-corrected chi connectivity index (χ2v) is 6.39. The van der Waals surface area contributed by atoms with Crippen LogP contribution in [0.25, 0.3) is 27.7 Å². The van der Waals surface area contributed by atoms with Crippen molar-refractivity contribution in [1.29, 1.82) is 0 Å². The van der Waals surface area contributed by atoms with E-state index in [1.807, 2.05) is 46.2 Å². The Morgan fingerprint density at radius 3 is 2.80 bits per heavy atom. The van der Waals surface area contributed by atoms with E-state index < -0.39 is 0 Å². The number of nitrogens with zero attached hydrogens (tertiary/aromatic N) is 2. The van der Waals surface area contributed by atoms with Crippen molar-refractivity contribution in [3.8, 4) is 28.5 Å². The maximum absolute atomic E-state index is 11.8. The van der Waals surface area contributed by atoms with Gasteiger partial charge in [0, 0.05) is 10.9 Å². The molecule has 0 aliphatic carbocycles. The molecule has 4 rings (SSSR count). The summed E-state index contributed by atoms with van der Waals surface area (Å²) in [5, 5.41) is 1.94. The number of fused-ring (bicyclic) bond motifs is 1. The zero-order chi connectivity index (χ0) is 17.2. The molecule has 6 heteroatoms. The molecule has 0 N–H and O–H groups in total. The van der Waals surface area contributed by atoms with Crippen LogP contribution in [-0.2, 0) is 0 Å². The third-order valence-electron chi connectivity index (χ3n) is 3.88. The van der Waals surface area contributed by atoms with Gasteiger partial charge >= 0.3 is 0 Å². The number of benzene rings is 1. The Hall–Kier alpha value is -2.86. The van der Waals surface area contributed by atoms with E-state index >= 15 is 0 Å². The van der Waals surface area contributed by atoms with Gasteiger partial charge in [0.25, 0.3) is 0 Å². The maximum atomic E-state index is 11.8. The quantitative estimate of drug-likeness (QED) is 0.462. The SMILES string of the molecule is CCCOc1ccc(-c2nc3scc(-c4ccco4)n3c2C=O)cc1. The van der Waals surface area contributed by atoms with Crippen molar-refractivity contribution in [2.45, 2.75) is 13.3 Å². The van der Waals surface area contributed by atoms with E-state index in [0.29, 0.717) is 23.8 Å². The van der Waals surface area contributed by atoms with Crippen LogP contribution >= 0.6 is 11.3 Å². The van der Waals surface area contributed by atoms with Crippen molar-refractivity contribution in [1.82, 2.24) is 9.38 Å². The summed E-state index contributed by atoms with van der Waals surface area (Å²) in [7, 11) is 0. The number of aldehydes is 1. The minimum atomic E-state index is 0.518. The molecular weight excluding hydrogens is 336 g/mol. The van der Waals surface area contributed by atoms with Crippen LogP contribution in [0.5, 0.6) is 5.75 Å². The molecule has 0 saturated heterocycles. The average molecular weight is 352 g/mol. The monoisotopic (exact) mass is 352 g/mol. The number of ether oxygens (including phenoxy) is 1. The molecule has 0 aliphatic heterocycles. The van der Waals surface area contributed by atoms with Crippen LogP contribution in [-0.4, -0.2) is 22.3 Å². The van der Waals surface area contributed by atoms with Gasteiger partial charge in [-0.05, 0) is 42.8 Å². The molecule has 1 aromatic carbocycles. The first kappa shape index (κ1) is 15.7. The Morgan fingerprint density at radius 2 is 2.12 bits per heavy atom. The largest absolute Gasteiger partial charge is 0.494 e. The summed E-state index contributed by atoms with van der Waals surface area (Å²) in [6.07, 6.45) is 3.42. The lowest BCUT2D eigenvalue weighted by atomic mass is 10.1. The fourth-order valence-corrected chi connectivity index (χ4v) is 3.61. The first-order chi connectivity index (χ1) is 12.3. The van der Waals surface area contributed by atoms with Gasteiger partial charge in [-0.15, -0.1) is 11.3 Å². The summed E-state index contributed by atoms with van der Waals surface area (Å²) in [6, 6.07) is 11.4. The van der Waals surface area contributed by atoms with E-state index in [-0.39, 0.29) is 0 Å². The topological polar surface area (TPSA) is 56.7 Å². The van der Waals surface area contributed by atoms with Crippen LogP contribution in [0.4, 0.5) is 0 Å². The molecule has 0 bridgehead atoms. The van der Waals surface area contributed by atoms with Crippen molar-refractivity contribution >= 4 is 22.6 Å². The van der Waals surface area contributed by atoms with E-state index in [9.17, 15) is 4.79 Å². The molecule has 0 spiro atoms. The number of imidazole rings is 1. The Bertz CT molecular complexity index is 998. The van der Waals surface area contributed by atoms with Crippen LogP contribution in [0, 0.1) is 0 Å². The van der Waals surface area contributed by atoms with Crippen molar-refractivity contribution in [3.05, 3.63) is 53.7 Å². The maximum Gasteiger partial charge on any atom is 0.195 e. The van der Waals surface area contributed by atoms with Gasteiger partial charge in [0.2, 0.25) is 0 Å². The highest BCUT2D eigenvalue weighted by molar-refractivity contribution is 7.15. The van der Waals surface area contributed by atoms with Crippen molar-refractivity contribution in [3.63, 3.8) is 0 Å². The van der Waals surface area contributed by atoms with Crippen LogP contribution in [0.2, 0.25) is 0 Å². The van der Waals surface area contributed by atoms with Crippen LogP contribution in [0.3, 0.4) is 0 Å². The lowest BCUT2D eigenvalue weighted by Gasteiger charge is -2.05. The number of rotatable bonds is 6. The summed E-state index contributed by atoms with van der Waals surface area (Å²) in [6.45, 7) is 2.75. The van der Waals surface area contributed by atoms with E-state index in [1.54, 1.807) is 6.26 Å². The zero-order valence-electron chi connectivity index (χ0n) is 13.6. The summed E-state index contributed by atoms with van der Waals surface area (Å²) in [4.78, 5) is 17.2. The van der Waals surface area contributed by atoms with Gasteiger partial charge in [-0.1, -0.05) is 6.92 Å². The molecule has 3 heterocycles. The minimum absolute atomic E-state index is 0.518. The number of carbonyl (C=O) groups is 1. The van der Waals surface area contributed by atoms with Gasteiger partial charge in [-0.25, -0.2) is 4.98 Å². The predicted molar refractivity (Wildman–Crippen MR) is 97.4 cm³/mol. The van der Waals surface area contributed by atoms with Gasteiger partial charge in [0.15, 0.2) is 17.0 Å². The summed E-state index contributed by atoms with van der Waals surface area (Å²) in [5.41, 5.74) is 2.89. The molecule has 25 heavy (non-hydrogen) atoms. The molecule has 0 radical (unpaired) electrons. The molecule has 0 amide bonds. The van der Waals surface area contributed by atoms with Gasteiger partial charge in [-0.3, -0.25) is 9.20 Å². The molecule has 4 aromatic rings. The molecule has 0 atom stereocenters. The van der Waals surface area contributed by atoms with Crippen molar-refractivity contribution < 1.29 is 13.9 Å². The molecule has 3 aromatic heterocycles. The number of aromatic nitrogens is 2. The smallest absolute Gasteiger partial charge is 0.195 e. The highest BCUT2D eigenvalue weighted by Gasteiger charge is 2.19. The Balaban J connectivity index is 1.79. The molecule has 0 saturated carbocycles. The third-order valence-corrected chi connectivity index (χ3v) is 4.71. The molecule has 126 valence electrons. The third kappa shape index (κ3) is 2.74. The second kappa shape index (κ2) is 6.57. The van der Waals surface area contributed by atoms with E-state index in [4.69, 9.17) is 9.15 Å². The van der Waals surface area contributed by atoms with E-state index in [1.165, 1.54) is 11.3 Å². The summed E-state index contributed by atoms with van der Waals surface area (Å²) >= 11 is 1.48. The van der Waals surface area contributed by atoms with E-state index in [2.05, 4.69) is 11.9 Å². The standard InChI is InChI=1S/C19H16N2O3S/c1-2-9-23-14-7-5-13(6-8-14)18-15(11-22)21-16(12-25-19(21)20-18)17-4-3-10-24-17/h3-8,10-12H,2,9H2,1H3. The van der Waals surface area contributed by atoms with Gasteiger partial charge in [-0.2, -0.15) is 0 Å². The van der Waals surface area contributed by atoms with Crippen molar-refractivity contribution in [2.75, 3.05) is 6.61 Å². The highest BCUT2D eigenvalue weighted by atomic mass is 32.1. The predicted octanol–water partition coefficient (Wildman–Crippen LogP) is 4.92. The Labute approximate surface area is 148 Å². The highest BCUT2D eigenvalue weighted by Crippen LogP contribution is 2.32. The second-order valence-electron chi connectivity index (χ2n) is 5.55. The molecule has 5 nitrogen and oxygen atoms in total. The molecular formula is C19H16N2O3S. The first-order valence-electron chi connectivity index (χ1n) is 8.04. The van der Waals surface area contributed by atoms with Crippen LogP contribution in [0.15, 0.2) is 52.5 Å². The first-order valence-corrected chi connectivity index (χ1v) is 8.92. The van der Waals surface area contributed by atoms with E-state index in [0.717, 1.165) is 34.7 Å². The van der Waals surface area contributed by atoms with Crippen LogP contribution < -0.4 is 4.74 Å². The number of carbonyl (C=O) groups excluding carboxylic acids is 1. The van der Waals surface area contributed by atoms with Crippen molar-refractivity contribution in [2.24, 2.45) is 0 Å². The summed E-state index contributed by atoms with van der Waals surface area (Å²) in [5.74, 6) is 1.53. The number of hydrogen-bond donors (Lipinski definition) is 0. The Kier molecular flexibility index (Phi) is 4.11. The van der Waals surface area contributed by atoms with Gasteiger partial charge in [0.1, 0.15) is 22.8 Å². The lowest BCUT2D eigenvalue weighted by Crippen LogP contribution is -1.95. The fraction of sp³-hybridized carbons (Fsp3) is 0.158. The lowest BCUT2D eigenvalue weighted by molar-refractivity contribution is 0.111. The fourth-order valence-electron chi connectivity index (χ4n) is 2.73. The zero-order valence-corrected chi connectivity index (χ0v) is 14.5. The molecule has 0 fully saturated rings. The Morgan fingerprint density at radius 1 is 1.28 bits per heavy atom. The average Bonchev–Trinajstić information content (AvgIpc) is 3.36. The summed E-state index contributed by atoms with van der Waals surface area (Å²) < 4.78 is 12.9. The van der Waals surface area contributed by atoms with Crippen LogP contribution in [0.1, 0.15) is 23.8 Å². The number of furan rings is 1. The molecule has 0 unspecified atom stereocenters. The number of thiazole rings is 1.